The van der Waals surface area contributed by atoms with E-state index in [1.807, 2.05) is 0 Å². The van der Waals surface area contributed by atoms with Crippen LogP contribution in [0.15, 0.2) is 30.5 Å². The molecule has 0 saturated carbocycles. The summed E-state index contributed by atoms with van der Waals surface area (Å²) >= 11 is 18.5. The lowest BCUT2D eigenvalue weighted by molar-refractivity contribution is 0.0959. The van der Waals surface area contributed by atoms with Crippen LogP contribution in [0.5, 0.6) is 11.5 Å². The summed E-state index contributed by atoms with van der Waals surface area (Å²) in [7, 11) is 1.44. The molecule has 2 N–H and O–H groups in total. The third kappa shape index (κ3) is 3.51. The van der Waals surface area contributed by atoms with Crippen LogP contribution in [0.4, 0.5) is 5.69 Å². The minimum absolute atomic E-state index is 0.0252. The first-order valence-electron chi connectivity index (χ1n) is 8.42. The molecule has 4 rings (SSSR count). The van der Waals surface area contributed by atoms with Gasteiger partial charge in [-0.15, -0.1) is 0 Å². The summed E-state index contributed by atoms with van der Waals surface area (Å²) in [5.41, 5.74) is 0.0947. The van der Waals surface area contributed by atoms with Crippen molar-refractivity contribution in [1.82, 2.24) is 20.1 Å². The zero-order valence-electron chi connectivity index (χ0n) is 15.2. The molecule has 0 fully saturated rings. The van der Waals surface area contributed by atoms with Crippen LogP contribution in [0.2, 0.25) is 15.2 Å². The van der Waals surface area contributed by atoms with Crippen LogP contribution in [-0.4, -0.2) is 40.4 Å². The Kier molecular flexibility index (Phi) is 5.42. The van der Waals surface area contributed by atoms with Gasteiger partial charge in [0.05, 0.1) is 15.7 Å². The van der Waals surface area contributed by atoms with E-state index in [2.05, 4.69) is 20.7 Å². The van der Waals surface area contributed by atoms with E-state index in [4.69, 9.17) is 44.3 Å². The number of amides is 2. The van der Waals surface area contributed by atoms with Gasteiger partial charge in [0.2, 0.25) is 6.79 Å². The topological polar surface area (TPSA) is 107 Å². The van der Waals surface area contributed by atoms with Gasteiger partial charge < -0.3 is 20.1 Å². The van der Waals surface area contributed by atoms with Crippen molar-refractivity contribution in [2.45, 2.75) is 0 Å². The first-order chi connectivity index (χ1) is 14.4. The van der Waals surface area contributed by atoms with Crippen molar-refractivity contribution in [3.63, 3.8) is 0 Å². The summed E-state index contributed by atoms with van der Waals surface area (Å²) in [4.78, 5) is 29.7. The van der Waals surface area contributed by atoms with E-state index >= 15 is 0 Å². The number of aromatic nitrogens is 3. The van der Waals surface area contributed by atoms with Gasteiger partial charge in [-0.1, -0.05) is 34.8 Å². The SMILES string of the molecule is CNC(=O)c1c(NC(=O)c2cc(Cl)nn2-c2ncccc2Cl)c(Cl)cc2c1OCO2. The second kappa shape index (κ2) is 8.02. The zero-order valence-corrected chi connectivity index (χ0v) is 17.5. The van der Waals surface area contributed by atoms with E-state index in [9.17, 15) is 9.59 Å². The average Bonchev–Trinajstić information content (AvgIpc) is 3.34. The summed E-state index contributed by atoms with van der Waals surface area (Å²) in [5, 5.41) is 9.58. The Balaban J connectivity index is 1.78. The molecule has 0 aliphatic carbocycles. The van der Waals surface area contributed by atoms with Crippen molar-refractivity contribution in [1.29, 1.82) is 0 Å². The fraction of sp³-hybridized carbons (Fsp3) is 0.111. The number of fused-ring (bicyclic) bond motifs is 1. The van der Waals surface area contributed by atoms with Crippen molar-refractivity contribution in [2.75, 3.05) is 19.2 Å². The Bertz CT molecular complexity index is 1180. The summed E-state index contributed by atoms with van der Waals surface area (Å²) < 4.78 is 11.9. The van der Waals surface area contributed by atoms with E-state index < -0.39 is 11.8 Å². The molecule has 2 aromatic heterocycles. The number of benzene rings is 1. The van der Waals surface area contributed by atoms with Crippen LogP contribution in [0.25, 0.3) is 5.82 Å². The zero-order chi connectivity index (χ0) is 21.4. The van der Waals surface area contributed by atoms with Gasteiger partial charge in [-0.3, -0.25) is 9.59 Å². The smallest absolute Gasteiger partial charge is 0.274 e. The molecule has 0 unspecified atom stereocenters. The van der Waals surface area contributed by atoms with Gasteiger partial charge in [0.15, 0.2) is 22.5 Å². The van der Waals surface area contributed by atoms with Crippen LogP contribution >= 0.6 is 34.8 Å². The molecule has 0 spiro atoms. The minimum Gasteiger partial charge on any atom is -0.454 e. The number of rotatable bonds is 4. The van der Waals surface area contributed by atoms with Gasteiger partial charge >= 0.3 is 0 Å². The first-order valence-corrected chi connectivity index (χ1v) is 9.56. The highest BCUT2D eigenvalue weighted by molar-refractivity contribution is 6.36. The van der Waals surface area contributed by atoms with Gasteiger partial charge in [-0.25, -0.2) is 9.67 Å². The van der Waals surface area contributed by atoms with Gasteiger partial charge in [0, 0.05) is 25.4 Å². The monoisotopic (exact) mass is 467 g/mol. The molecule has 1 aliphatic rings. The largest absolute Gasteiger partial charge is 0.454 e. The maximum absolute atomic E-state index is 13.1. The maximum atomic E-state index is 13.1. The van der Waals surface area contributed by atoms with Crippen molar-refractivity contribution in [3.8, 4) is 17.3 Å². The van der Waals surface area contributed by atoms with Crippen molar-refractivity contribution in [3.05, 3.63) is 56.9 Å². The van der Waals surface area contributed by atoms with Crippen molar-refractivity contribution in [2.24, 2.45) is 0 Å². The van der Waals surface area contributed by atoms with Gasteiger partial charge in [0.1, 0.15) is 11.3 Å². The van der Waals surface area contributed by atoms with Crippen LogP contribution in [0.3, 0.4) is 0 Å². The van der Waals surface area contributed by atoms with E-state index in [1.165, 1.54) is 30.1 Å². The molecule has 9 nitrogen and oxygen atoms in total. The average molecular weight is 469 g/mol. The molecule has 0 radical (unpaired) electrons. The third-order valence-corrected chi connectivity index (χ3v) is 4.94. The first kappa shape index (κ1) is 20.3. The number of ether oxygens (including phenoxy) is 2. The maximum Gasteiger partial charge on any atom is 0.274 e. The third-order valence-electron chi connectivity index (χ3n) is 4.16. The van der Waals surface area contributed by atoms with Crippen LogP contribution in [-0.2, 0) is 0 Å². The molecule has 3 aromatic rings. The minimum atomic E-state index is -0.651. The predicted octanol–water partition coefficient (Wildman–Crippen LogP) is 3.57. The van der Waals surface area contributed by atoms with Crippen LogP contribution < -0.4 is 20.1 Å². The molecule has 0 bridgehead atoms. The second-order valence-corrected chi connectivity index (χ2v) is 7.15. The van der Waals surface area contributed by atoms with Crippen LogP contribution in [0, 0.1) is 0 Å². The normalized spacial score (nSPS) is 12.0. The Hall–Kier alpha value is -3.01. The summed E-state index contributed by atoms with van der Waals surface area (Å²) in [6.07, 6.45) is 1.50. The molecule has 2 amide bonds. The molecule has 0 saturated heterocycles. The van der Waals surface area contributed by atoms with Gasteiger partial charge in [-0.05, 0) is 12.1 Å². The molecule has 1 aromatic carbocycles. The summed E-state index contributed by atoms with van der Waals surface area (Å²) in [6, 6.07) is 6.02. The second-order valence-electron chi connectivity index (χ2n) is 5.95. The standard InChI is InChI=1S/C18H12Cl3N5O4/c1-22-18(28)13-14(9(20)5-11-15(13)30-7-29-11)24-17(27)10-6-12(21)25-26(10)16-8(19)3-2-4-23-16/h2-6H,7H2,1H3,(H,22,28)(H,24,27). The lowest BCUT2D eigenvalue weighted by Gasteiger charge is -2.15. The predicted molar refractivity (Wildman–Crippen MR) is 110 cm³/mol. The van der Waals surface area contributed by atoms with Crippen LogP contribution in [0.1, 0.15) is 20.8 Å². The van der Waals surface area contributed by atoms with E-state index in [1.54, 1.807) is 12.1 Å². The van der Waals surface area contributed by atoms with E-state index in [0.717, 1.165) is 0 Å². The number of hydrogen-bond donors (Lipinski definition) is 2. The molecule has 1 aliphatic heterocycles. The number of carbonyl (C=O) groups is 2. The number of hydrogen-bond acceptors (Lipinski definition) is 6. The molecular weight excluding hydrogens is 457 g/mol. The fourth-order valence-corrected chi connectivity index (χ4v) is 3.48. The molecule has 3 heterocycles. The number of halogens is 3. The number of anilines is 1. The molecule has 154 valence electrons. The van der Waals surface area contributed by atoms with Crippen molar-refractivity contribution >= 4 is 52.3 Å². The number of carbonyl (C=O) groups excluding carboxylic acids is 2. The number of nitrogens with zero attached hydrogens (tertiary/aromatic N) is 3. The Labute approximate surface area is 184 Å². The highest BCUT2D eigenvalue weighted by Gasteiger charge is 2.30. The molecule has 0 atom stereocenters. The quantitative estimate of drug-likeness (QED) is 0.606. The van der Waals surface area contributed by atoms with E-state index in [-0.39, 0.29) is 50.5 Å². The Morgan fingerprint density at radius 1 is 1.13 bits per heavy atom. The van der Waals surface area contributed by atoms with Gasteiger partial charge in [0.25, 0.3) is 11.8 Å². The molecule has 30 heavy (non-hydrogen) atoms. The highest BCUT2D eigenvalue weighted by atomic mass is 35.5. The number of nitrogens with one attached hydrogen (secondary N) is 2. The summed E-state index contributed by atoms with van der Waals surface area (Å²) in [6.45, 7) is -0.0758. The Morgan fingerprint density at radius 3 is 2.67 bits per heavy atom. The lowest BCUT2D eigenvalue weighted by atomic mass is 10.1. The van der Waals surface area contributed by atoms with Gasteiger partial charge in [-0.2, -0.15) is 5.10 Å². The Morgan fingerprint density at radius 2 is 1.93 bits per heavy atom. The fourth-order valence-electron chi connectivity index (χ4n) is 2.86. The highest BCUT2D eigenvalue weighted by Crippen LogP contribution is 2.44. The molecular formula is C18H12Cl3N5O4. The van der Waals surface area contributed by atoms with Crippen molar-refractivity contribution < 1.29 is 19.1 Å². The van der Waals surface area contributed by atoms with E-state index in [0.29, 0.717) is 5.75 Å². The number of pyridine rings is 1. The lowest BCUT2D eigenvalue weighted by Crippen LogP contribution is -2.23. The summed E-state index contributed by atoms with van der Waals surface area (Å²) in [5.74, 6) is -0.492. The molecule has 12 heteroatoms.